The van der Waals surface area contributed by atoms with Crippen molar-refractivity contribution in [2.75, 3.05) is 13.2 Å². The van der Waals surface area contributed by atoms with Crippen LogP contribution in [0.1, 0.15) is 24.2 Å². The van der Waals surface area contributed by atoms with E-state index in [0.717, 1.165) is 0 Å². The van der Waals surface area contributed by atoms with Gasteiger partial charge in [0.25, 0.3) is 0 Å². The lowest BCUT2D eigenvalue weighted by atomic mass is 10.1. The quantitative estimate of drug-likeness (QED) is 0.438. The summed E-state index contributed by atoms with van der Waals surface area (Å²) >= 11 is 12.2. The van der Waals surface area contributed by atoms with Gasteiger partial charge in [0.2, 0.25) is 10.1 Å². The average Bonchev–Trinajstić information content (AvgIpc) is 2.38. The molecular weight excluding hydrogens is 275 g/mol. The van der Waals surface area contributed by atoms with Crippen molar-refractivity contribution in [2.45, 2.75) is 24.5 Å². The van der Waals surface area contributed by atoms with Gasteiger partial charge < -0.3 is 9.47 Å². The van der Waals surface area contributed by atoms with Crippen molar-refractivity contribution in [2.24, 2.45) is 0 Å². The van der Waals surface area contributed by atoms with Crippen LogP contribution in [0.25, 0.3) is 0 Å². The van der Waals surface area contributed by atoms with Crippen molar-refractivity contribution in [1.82, 2.24) is 0 Å². The van der Waals surface area contributed by atoms with Crippen LogP contribution in [0, 0.1) is 0 Å². The molecule has 100 valence electrons. The van der Waals surface area contributed by atoms with Crippen LogP contribution in [-0.4, -0.2) is 29.6 Å². The number of carbonyl (C=O) groups excluding carboxylic acids is 1. The number of rotatable bonds is 7. The molecule has 18 heavy (non-hydrogen) atoms. The first-order valence-electron chi connectivity index (χ1n) is 5.74. The molecule has 5 heteroatoms. The van der Waals surface area contributed by atoms with Crippen molar-refractivity contribution < 1.29 is 14.3 Å². The van der Waals surface area contributed by atoms with Crippen LogP contribution in [0.2, 0.25) is 0 Å². The van der Waals surface area contributed by atoms with E-state index in [0.29, 0.717) is 18.8 Å². The first kappa shape index (κ1) is 15.4. The van der Waals surface area contributed by atoms with E-state index in [1.165, 1.54) is 0 Å². The number of hydrogen-bond acceptors (Lipinski definition) is 3. The number of carbonyl (C=O) groups is 1. The average molecular weight is 291 g/mol. The van der Waals surface area contributed by atoms with E-state index in [4.69, 9.17) is 32.7 Å². The van der Waals surface area contributed by atoms with Crippen LogP contribution >= 0.6 is 23.2 Å². The predicted octanol–water partition coefficient (Wildman–Crippen LogP) is 3.44. The maximum Gasteiger partial charge on any atom is 0.230 e. The molecule has 0 saturated carbocycles. The number of ether oxygens (including phenoxy) is 2. The summed E-state index contributed by atoms with van der Waals surface area (Å²) in [5.41, 5.74) is 0.423. The predicted molar refractivity (Wildman–Crippen MR) is 72.2 cm³/mol. The molecule has 0 heterocycles. The Labute approximate surface area is 117 Å². The maximum atomic E-state index is 12.2. The van der Waals surface area contributed by atoms with Gasteiger partial charge in [0.05, 0.1) is 0 Å². The second kappa shape index (κ2) is 7.10. The molecule has 0 N–H and O–H groups in total. The summed E-state index contributed by atoms with van der Waals surface area (Å²) in [5, 5.41) is 0. The zero-order valence-electron chi connectivity index (χ0n) is 10.4. The van der Waals surface area contributed by atoms with Gasteiger partial charge in [-0.05, 0) is 13.8 Å². The van der Waals surface area contributed by atoms with E-state index in [9.17, 15) is 4.79 Å². The molecule has 0 spiro atoms. The number of Topliss-reactive ketones (excluding diaryl/α,β-unsaturated/α-hetero) is 1. The summed E-state index contributed by atoms with van der Waals surface area (Å²) in [7, 11) is 0. The monoisotopic (exact) mass is 290 g/mol. The van der Waals surface area contributed by atoms with Crippen molar-refractivity contribution in [3.63, 3.8) is 0 Å². The standard InChI is InChI=1S/C13H16Cl2O3/c1-3-17-12(18-4-2)13(14,15)11(16)10-8-6-5-7-9-10/h5-9,12H,3-4H2,1-2H3. The SMILES string of the molecule is CCOC(OCC)C(Cl)(Cl)C(=O)c1ccccc1. The largest absolute Gasteiger partial charge is 0.349 e. The summed E-state index contributed by atoms with van der Waals surface area (Å²) < 4.78 is 8.81. The number of benzene rings is 1. The Morgan fingerprint density at radius 2 is 1.67 bits per heavy atom. The lowest BCUT2D eigenvalue weighted by Crippen LogP contribution is -2.43. The molecule has 0 aliphatic heterocycles. The third-order valence-electron chi connectivity index (χ3n) is 2.27. The maximum absolute atomic E-state index is 12.2. The summed E-state index contributed by atoms with van der Waals surface area (Å²) in [6.45, 7) is 4.27. The minimum Gasteiger partial charge on any atom is -0.349 e. The molecule has 1 rings (SSSR count). The fourth-order valence-electron chi connectivity index (χ4n) is 1.45. The summed E-state index contributed by atoms with van der Waals surface area (Å²) in [5.74, 6) is -0.432. The second-order valence-electron chi connectivity index (χ2n) is 3.56. The molecule has 0 aromatic heterocycles. The van der Waals surface area contributed by atoms with Gasteiger partial charge in [0.1, 0.15) is 0 Å². The third-order valence-corrected chi connectivity index (χ3v) is 2.97. The zero-order valence-corrected chi connectivity index (χ0v) is 11.9. The van der Waals surface area contributed by atoms with Crippen LogP contribution in [0.15, 0.2) is 30.3 Å². The number of alkyl halides is 2. The van der Waals surface area contributed by atoms with Gasteiger partial charge in [-0.1, -0.05) is 53.5 Å². The molecule has 0 unspecified atom stereocenters. The highest BCUT2D eigenvalue weighted by Crippen LogP contribution is 2.32. The summed E-state index contributed by atoms with van der Waals surface area (Å²) in [6, 6.07) is 8.60. The van der Waals surface area contributed by atoms with Crippen LogP contribution < -0.4 is 0 Å². The molecule has 0 saturated heterocycles. The molecule has 0 atom stereocenters. The van der Waals surface area contributed by atoms with Gasteiger partial charge in [-0.3, -0.25) is 4.79 Å². The van der Waals surface area contributed by atoms with Gasteiger partial charge in [-0.2, -0.15) is 0 Å². The molecule has 0 aliphatic carbocycles. The van der Waals surface area contributed by atoms with Gasteiger partial charge in [0, 0.05) is 18.8 Å². The molecule has 3 nitrogen and oxygen atoms in total. The summed E-state index contributed by atoms with van der Waals surface area (Å²) in [6.07, 6.45) is -0.983. The van der Waals surface area contributed by atoms with E-state index >= 15 is 0 Å². The number of halogens is 2. The molecule has 0 radical (unpaired) electrons. The molecule has 0 bridgehead atoms. The van der Waals surface area contributed by atoms with E-state index in [1.807, 2.05) is 6.07 Å². The van der Waals surface area contributed by atoms with Gasteiger partial charge in [-0.25, -0.2) is 0 Å². The lowest BCUT2D eigenvalue weighted by Gasteiger charge is -2.27. The molecule has 0 fully saturated rings. The van der Waals surface area contributed by atoms with Gasteiger partial charge in [-0.15, -0.1) is 0 Å². The Balaban J connectivity index is 2.92. The molecular formula is C13H16Cl2O3. The Kier molecular flexibility index (Phi) is 6.09. The Hall–Kier alpha value is -0.610. The highest BCUT2D eigenvalue weighted by Gasteiger charge is 2.44. The van der Waals surface area contributed by atoms with Gasteiger partial charge in [0.15, 0.2) is 6.29 Å². The van der Waals surface area contributed by atoms with E-state index in [-0.39, 0.29) is 0 Å². The second-order valence-corrected chi connectivity index (χ2v) is 4.95. The topological polar surface area (TPSA) is 35.5 Å². The van der Waals surface area contributed by atoms with E-state index < -0.39 is 16.4 Å². The first-order chi connectivity index (χ1) is 8.54. The fraction of sp³-hybridized carbons (Fsp3) is 0.462. The molecule has 0 aliphatic rings. The highest BCUT2D eigenvalue weighted by molar-refractivity contribution is 6.60. The third kappa shape index (κ3) is 3.69. The van der Waals surface area contributed by atoms with E-state index in [2.05, 4.69) is 0 Å². The number of ketones is 1. The molecule has 0 amide bonds. The fourth-order valence-corrected chi connectivity index (χ4v) is 1.92. The smallest absolute Gasteiger partial charge is 0.230 e. The van der Waals surface area contributed by atoms with Crippen molar-refractivity contribution >= 4 is 29.0 Å². The Bertz CT molecular complexity index is 373. The normalized spacial score (nSPS) is 11.8. The van der Waals surface area contributed by atoms with Crippen LogP contribution in [-0.2, 0) is 9.47 Å². The minimum absolute atomic E-state index is 0.355. The Morgan fingerprint density at radius 1 is 1.17 bits per heavy atom. The lowest BCUT2D eigenvalue weighted by molar-refractivity contribution is -0.137. The molecule has 1 aromatic rings. The highest BCUT2D eigenvalue weighted by atomic mass is 35.5. The van der Waals surface area contributed by atoms with Crippen molar-refractivity contribution in [1.29, 1.82) is 0 Å². The number of hydrogen-bond donors (Lipinski definition) is 0. The van der Waals surface area contributed by atoms with Crippen LogP contribution in [0.5, 0.6) is 0 Å². The summed E-state index contributed by atoms with van der Waals surface area (Å²) in [4.78, 5) is 12.2. The zero-order chi connectivity index (χ0) is 13.6. The van der Waals surface area contributed by atoms with Crippen molar-refractivity contribution in [3.8, 4) is 0 Å². The first-order valence-corrected chi connectivity index (χ1v) is 6.50. The van der Waals surface area contributed by atoms with Crippen LogP contribution in [0.3, 0.4) is 0 Å². The van der Waals surface area contributed by atoms with E-state index in [1.54, 1.807) is 38.1 Å². The molecule has 1 aromatic carbocycles. The van der Waals surface area contributed by atoms with Crippen molar-refractivity contribution in [3.05, 3.63) is 35.9 Å². The minimum atomic E-state index is -1.76. The van der Waals surface area contributed by atoms with Crippen LogP contribution in [0.4, 0.5) is 0 Å². The van der Waals surface area contributed by atoms with Gasteiger partial charge >= 0.3 is 0 Å². The Morgan fingerprint density at radius 3 is 2.11 bits per heavy atom.